The van der Waals surface area contributed by atoms with E-state index in [9.17, 15) is 5.11 Å². The second-order valence-electron chi connectivity index (χ2n) is 9.68. The molecule has 0 aliphatic carbocycles. The maximum absolute atomic E-state index is 10.6. The zero-order chi connectivity index (χ0) is 22.5. The molecule has 2 aromatic heterocycles. The Morgan fingerprint density at radius 3 is 2.50 bits per heavy atom. The van der Waals surface area contributed by atoms with Crippen molar-refractivity contribution in [3.05, 3.63) is 48.3 Å². The van der Waals surface area contributed by atoms with Crippen molar-refractivity contribution in [1.29, 1.82) is 5.26 Å². The number of aromatic hydroxyl groups is 1. The molecule has 0 spiro atoms. The maximum Gasteiger partial charge on any atom is 0.151 e. The standard InChI is InChI=1S/C24H27N7O/c1-23-8-9-24(2,29-23)12-18(11-23)30(3)22-7-6-20(27-28-22)19-5-4-17(10-21(19)32)31-15-16(13-25)14-26-31/h4-7,10,14-15,18,29,32H,8-9,11-12H2,1-3H3/t18-,23+,24-. The second-order valence-corrected chi connectivity index (χ2v) is 9.68. The lowest BCUT2D eigenvalue weighted by atomic mass is 9.84. The van der Waals surface area contributed by atoms with Crippen LogP contribution < -0.4 is 10.2 Å². The predicted molar refractivity (Wildman–Crippen MR) is 122 cm³/mol. The number of nitrogens with one attached hydrogen (secondary N) is 1. The number of anilines is 1. The van der Waals surface area contributed by atoms with Gasteiger partial charge in [0.2, 0.25) is 0 Å². The third-order valence-electron chi connectivity index (χ3n) is 7.00. The Balaban J connectivity index is 1.35. The van der Waals surface area contributed by atoms with Gasteiger partial charge in [-0.25, -0.2) is 4.68 Å². The van der Waals surface area contributed by atoms with Gasteiger partial charge in [-0.05, 0) is 63.8 Å². The molecule has 0 radical (unpaired) electrons. The van der Waals surface area contributed by atoms with Crippen LogP contribution in [0.1, 0.15) is 45.1 Å². The van der Waals surface area contributed by atoms with E-state index in [1.54, 1.807) is 23.0 Å². The minimum Gasteiger partial charge on any atom is -0.507 e. The van der Waals surface area contributed by atoms with Gasteiger partial charge >= 0.3 is 0 Å². The molecule has 3 aromatic rings. The van der Waals surface area contributed by atoms with E-state index in [1.165, 1.54) is 19.0 Å². The van der Waals surface area contributed by atoms with Gasteiger partial charge in [0.25, 0.3) is 0 Å². The van der Waals surface area contributed by atoms with Crippen molar-refractivity contribution in [1.82, 2.24) is 25.3 Å². The molecule has 32 heavy (non-hydrogen) atoms. The van der Waals surface area contributed by atoms with Crippen LogP contribution in [0.15, 0.2) is 42.7 Å². The Morgan fingerprint density at radius 1 is 1.16 bits per heavy atom. The minimum absolute atomic E-state index is 0.0858. The Hall–Kier alpha value is -3.44. The maximum atomic E-state index is 10.6. The van der Waals surface area contributed by atoms with Crippen molar-refractivity contribution in [2.75, 3.05) is 11.9 Å². The van der Waals surface area contributed by atoms with Gasteiger partial charge in [-0.3, -0.25) is 0 Å². The van der Waals surface area contributed by atoms with Crippen LogP contribution in [0.3, 0.4) is 0 Å². The van der Waals surface area contributed by atoms with Gasteiger partial charge in [0.15, 0.2) is 5.82 Å². The molecule has 2 aliphatic heterocycles. The molecule has 8 nitrogen and oxygen atoms in total. The zero-order valence-electron chi connectivity index (χ0n) is 18.6. The summed E-state index contributed by atoms with van der Waals surface area (Å²) < 4.78 is 1.55. The number of phenols is 1. The Morgan fingerprint density at radius 2 is 1.91 bits per heavy atom. The van der Waals surface area contributed by atoms with E-state index in [2.05, 4.69) is 46.4 Å². The Bertz CT molecular complexity index is 1180. The van der Waals surface area contributed by atoms with Gasteiger partial charge in [-0.1, -0.05) is 0 Å². The predicted octanol–water partition coefficient (Wildman–Crippen LogP) is 3.41. The van der Waals surface area contributed by atoms with Gasteiger partial charge in [-0.15, -0.1) is 10.2 Å². The van der Waals surface area contributed by atoms with Gasteiger partial charge in [0, 0.05) is 42.0 Å². The normalized spacial score (nSPS) is 26.6. The van der Waals surface area contributed by atoms with E-state index in [4.69, 9.17) is 5.26 Å². The van der Waals surface area contributed by atoms with Crippen molar-refractivity contribution >= 4 is 5.82 Å². The second kappa shape index (κ2) is 7.31. The highest BCUT2D eigenvalue weighted by Crippen LogP contribution is 2.43. The molecule has 5 rings (SSSR count). The molecule has 0 saturated carbocycles. The summed E-state index contributed by atoms with van der Waals surface area (Å²) in [6.07, 6.45) is 7.71. The number of nitriles is 1. The fourth-order valence-electron chi connectivity index (χ4n) is 5.34. The van der Waals surface area contributed by atoms with E-state index in [0.717, 1.165) is 18.7 Å². The number of piperidine rings is 1. The van der Waals surface area contributed by atoms with Gasteiger partial charge in [0.1, 0.15) is 11.8 Å². The lowest BCUT2D eigenvalue weighted by Gasteiger charge is -2.45. The largest absolute Gasteiger partial charge is 0.507 e. The summed E-state index contributed by atoms with van der Waals surface area (Å²) in [7, 11) is 2.09. The van der Waals surface area contributed by atoms with Crippen molar-refractivity contribution in [3.8, 4) is 28.8 Å². The Kier molecular flexibility index (Phi) is 4.68. The summed E-state index contributed by atoms with van der Waals surface area (Å²) in [6, 6.07) is 11.6. The number of rotatable bonds is 4. The SMILES string of the molecule is CN(c1ccc(-c2ccc(-n3cc(C#N)cn3)cc2O)nn1)[C@@H]1C[C@]2(C)CC[C@](C)(C1)N2. The third-order valence-corrected chi connectivity index (χ3v) is 7.00. The van der Waals surface area contributed by atoms with Crippen molar-refractivity contribution in [2.24, 2.45) is 0 Å². The zero-order valence-corrected chi connectivity index (χ0v) is 18.6. The first-order valence-electron chi connectivity index (χ1n) is 10.9. The molecule has 3 atom stereocenters. The van der Waals surface area contributed by atoms with Gasteiger partial charge < -0.3 is 15.3 Å². The molecule has 2 fully saturated rings. The molecule has 0 amide bonds. The van der Waals surface area contributed by atoms with Crippen LogP contribution in [-0.4, -0.2) is 49.3 Å². The molecule has 164 valence electrons. The molecule has 8 heteroatoms. The van der Waals surface area contributed by atoms with E-state index in [-0.39, 0.29) is 16.8 Å². The molecule has 2 saturated heterocycles. The molecular formula is C24H27N7O. The number of aromatic nitrogens is 4. The molecule has 0 unspecified atom stereocenters. The summed E-state index contributed by atoms with van der Waals surface area (Å²) >= 11 is 0. The fraction of sp³-hybridized carbons (Fsp3) is 0.417. The molecular weight excluding hydrogens is 402 g/mol. The van der Waals surface area contributed by atoms with E-state index in [0.29, 0.717) is 28.6 Å². The number of benzene rings is 1. The van der Waals surface area contributed by atoms with Crippen LogP contribution >= 0.6 is 0 Å². The van der Waals surface area contributed by atoms with Crippen LogP contribution in [0.2, 0.25) is 0 Å². The molecule has 1 aromatic carbocycles. The number of hydrogen-bond donors (Lipinski definition) is 2. The molecule has 2 bridgehead atoms. The molecule has 2 aliphatic rings. The van der Waals surface area contributed by atoms with Gasteiger partial charge in [0.05, 0.1) is 23.1 Å². The first kappa shape index (κ1) is 20.5. The lowest BCUT2D eigenvalue weighted by Crippen LogP contribution is -2.58. The van der Waals surface area contributed by atoms with Gasteiger partial charge in [-0.2, -0.15) is 10.4 Å². The van der Waals surface area contributed by atoms with Crippen LogP contribution in [0.5, 0.6) is 5.75 Å². The van der Waals surface area contributed by atoms with E-state index in [1.807, 2.05) is 24.3 Å². The average molecular weight is 430 g/mol. The highest BCUT2D eigenvalue weighted by atomic mass is 16.3. The summed E-state index contributed by atoms with van der Waals surface area (Å²) in [6.45, 7) is 4.65. The Labute approximate surface area is 187 Å². The molecule has 4 heterocycles. The van der Waals surface area contributed by atoms with Crippen LogP contribution in [0.25, 0.3) is 16.9 Å². The topological polar surface area (TPSA) is 103 Å². The third kappa shape index (κ3) is 3.59. The highest BCUT2D eigenvalue weighted by Gasteiger charge is 2.49. The average Bonchev–Trinajstić information content (AvgIpc) is 3.34. The van der Waals surface area contributed by atoms with Crippen LogP contribution in [-0.2, 0) is 0 Å². The van der Waals surface area contributed by atoms with Crippen molar-refractivity contribution < 1.29 is 5.11 Å². The van der Waals surface area contributed by atoms with E-state index < -0.39 is 0 Å². The quantitative estimate of drug-likeness (QED) is 0.655. The van der Waals surface area contributed by atoms with Crippen molar-refractivity contribution in [3.63, 3.8) is 0 Å². The summed E-state index contributed by atoms with van der Waals surface area (Å²) in [4.78, 5) is 2.24. The summed E-state index contributed by atoms with van der Waals surface area (Å²) in [5.41, 5.74) is 2.71. The minimum atomic E-state index is 0.0858. The monoisotopic (exact) mass is 429 g/mol. The van der Waals surface area contributed by atoms with Crippen molar-refractivity contribution in [2.45, 2.75) is 56.7 Å². The summed E-state index contributed by atoms with van der Waals surface area (Å²) in [5, 5.41) is 36.4. The number of fused-ring (bicyclic) bond motifs is 2. The fourth-order valence-corrected chi connectivity index (χ4v) is 5.34. The smallest absolute Gasteiger partial charge is 0.151 e. The number of nitrogens with zero attached hydrogens (tertiary/aromatic N) is 6. The number of hydrogen-bond acceptors (Lipinski definition) is 7. The first-order chi connectivity index (χ1) is 15.3. The summed E-state index contributed by atoms with van der Waals surface area (Å²) in [5.74, 6) is 0.923. The van der Waals surface area contributed by atoms with Crippen LogP contribution in [0, 0.1) is 11.3 Å². The van der Waals surface area contributed by atoms with Crippen LogP contribution in [0.4, 0.5) is 5.82 Å². The molecule has 2 N–H and O–H groups in total. The number of phenolic OH excluding ortho intramolecular Hbond substituents is 1. The van der Waals surface area contributed by atoms with E-state index >= 15 is 0 Å². The lowest BCUT2D eigenvalue weighted by molar-refractivity contribution is 0.207. The highest BCUT2D eigenvalue weighted by molar-refractivity contribution is 5.69. The first-order valence-corrected chi connectivity index (χ1v) is 10.9.